The number of oxazole rings is 1. The van der Waals surface area contributed by atoms with Gasteiger partial charge in [0.15, 0.2) is 0 Å². The lowest BCUT2D eigenvalue weighted by Crippen LogP contribution is -2.25. The largest absolute Gasteiger partial charge is 0.489 e. The molecule has 35 heavy (non-hydrogen) atoms. The monoisotopic (exact) mass is 487 g/mol. The Kier molecular flexibility index (Phi) is 6.60. The van der Waals surface area contributed by atoms with Gasteiger partial charge in [0.1, 0.15) is 30.4 Å². The summed E-state index contributed by atoms with van der Waals surface area (Å²) in [4.78, 5) is 31.6. The molecule has 0 radical (unpaired) electrons. The molecule has 0 bridgehead atoms. The van der Waals surface area contributed by atoms with Crippen LogP contribution in [-0.2, 0) is 11.2 Å². The summed E-state index contributed by atoms with van der Waals surface area (Å²) in [7, 11) is 0. The van der Waals surface area contributed by atoms with Gasteiger partial charge in [0, 0.05) is 17.7 Å². The summed E-state index contributed by atoms with van der Waals surface area (Å²) in [6, 6.07) is 21.4. The first-order chi connectivity index (χ1) is 17.0. The molecule has 3 heterocycles. The first kappa shape index (κ1) is 22.8. The van der Waals surface area contributed by atoms with E-state index in [1.165, 1.54) is 12.5 Å². The number of carbonyl (C=O) groups is 2. The number of ether oxygens (including phenoxy) is 1. The Morgan fingerprint density at radius 3 is 2.43 bits per heavy atom. The van der Waals surface area contributed by atoms with Gasteiger partial charge >= 0.3 is 0 Å². The number of aromatic nitrogens is 2. The van der Waals surface area contributed by atoms with Crippen molar-refractivity contribution >= 4 is 22.9 Å². The van der Waals surface area contributed by atoms with Gasteiger partial charge in [-0.05, 0) is 35.4 Å². The summed E-state index contributed by atoms with van der Waals surface area (Å²) in [6.45, 7) is -0.0324. The number of thioether (sulfide) groups is 1. The normalized spacial score (nSPS) is 16.2. The number of pyridine rings is 1. The standard InChI is InChI=1S/C26H21N3O5S/c30-22(15-33-20-11-10-19(27-13-20)12-23-24(31)29-26(32)35-23)21-14-34-25(28-21)18-8-6-17(7-9-18)16-4-2-1-3-5-16/h1-11,13-14,22-23,30H,12,15H2,(H,29,31,32). The number of nitrogens with zero attached hydrogens (tertiary/aromatic N) is 2. The maximum Gasteiger partial charge on any atom is 0.286 e. The molecule has 2 N–H and O–H groups in total. The number of hydrogen-bond donors (Lipinski definition) is 2. The first-order valence-corrected chi connectivity index (χ1v) is 11.8. The Bertz CT molecular complexity index is 1320. The smallest absolute Gasteiger partial charge is 0.286 e. The number of nitrogens with one attached hydrogen (secondary N) is 1. The van der Waals surface area contributed by atoms with Crippen LogP contribution in [0.4, 0.5) is 4.79 Å². The van der Waals surface area contributed by atoms with Gasteiger partial charge in [-0.25, -0.2) is 4.98 Å². The second-order valence-electron chi connectivity index (χ2n) is 7.92. The number of benzene rings is 2. The van der Waals surface area contributed by atoms with Crippen LogP contribution in [0.1, 0.15) is 17.5 Å². The van der Waals surface area contributed by atoms with E-state index in [2.05, 4.69) is 15.3 Å². The number of hydrogen-bond acceptors (Lipinski definition) is 8. The lowest BCUT2D eigenvalue weighted by atomic mass is 10.0. The van der Waals surface area contributed by atoms with E-state index in [9.17, 15) is 14.7 Å². The maximum absolute atomic E-state index is 11.7. The Morgan fingerprint density at radius 2 is 1.74 bits per heavy atom. The van der Waals surface area contributed by atoms with Crippen LogP contribution in [0.15, 0.2) is 83.6 Å². The summed E-state index contributed by atoms with van der Waals surface area (Å²) in [5.74, 6) is 0.578. The Morgan fingerprint density at radius 1 is 1.00 bits per heavy atom. The molecule has 8 nitrogen and oxygen atoms in total. The Balaban J connectivity index is 1.16. The van der Waals surface area contributed by atoms with Crippen molar-refractivity contribution in [1.29, 1.82) is 0 Å². The number of aliphatic hydroxyl groups excluding tert-OH is 1. The minimum absolute atomic E-state index is 0.0324. The molecule has 4 aromatic rings. The molecule has 0 spiro atoms. The van der Waals surface area contributed by atoms with Crippen molar-refractivity contribution in [1.82, 2.24) is 15.3 Å². The topological polar surface area (TPSA) is 115 Å². The van der Waals surface area contributed by atoms with Crippen molar-refractivity contribution in [3.05, 3.63) is 90.6 Å². The fourth-order valence-corrected chi connectivity index (χ4v) is 4.44. The summed E-state index contributed by atoms with van der Waals surface area (Å²) in [5, 5.41) is 11.9. The summed E-state index contributed by atoms with van der Waals surface area (Å²) in [5.41, 5.74) is 4.05. The van der Waals surface area contributed by atoms with Gasteiger partial charge < -0.3 is 14.3 Å². The van der Waals surface area contributed by atoms with Crippen LogP contribution >= 0.6 is 11.8 Å². The number of amides is 2. The quantitative estimate of drug-likeness (QED) is 0.376. The molecule has 9 heteroatoms. The number of aliphatic hydroxyl groups is 1. The zero-order valence-corrected chi connectivity index (χ0v) is 19.3. The van der Waals surface area contributed by atoms with Crippen molar-refractivity contribution in [3.63, 3.8) is 0 Å². The fourth-order valence-electron chi connectivity index (χ4n) is 3.60. The van der Waals surface area contributed by atoms with E-state index < -0.39 is 11.4 Å². The molecule has 176 valence electrons. The van der Waals surface area contributed by atoms with Crippen LogP contribution < -0.4 is 10.1 Å². The minimum atomic E-state index is -0.986. The number of carbonyl (C=O) groups excluding carboxylic acids is 2. The molecular formula is C26H21N3O5S. The Hall–Kier alpha value is -3.95. The molecule has 5 rings (SSSR count). The fraction of sp³-hybridized carbons (Fsp3) is 0.154. The second kappa shape index (κ2) is 10.1. The number of imide groups is 1. The third-order valence-corrected chi connectivity index (χ3v) is 6.45. The molecule has 2 atom stereocenters. The predicted octanol–water partition coefficient (Wildman–Crippen LogP) is 4.41. The molecule has 1 fully saturated rings. The minimum Gasteiger partial charge on any atom is -0.489 e. The lowest BCUT2D eigenvalue weighted by molar-refractivity contribution is -0.118. The molecule has 1 aliphatic rings. The molecule has 2 aromatic carbocycles. The van der Waals surface area contributed by atoms with E-state index in [0.29, 0.717) is 29.4 Å². The predicted molar refractivity (Wildman–Crippen MR) is 131 cm³/mol. The molecule has 1 saturated heterocycles. The molecule has 0 aliphatic carbocycles. The average molecular weight is 488 g/mol. The van der Waals surface area contributed by atoms with E-state index in [1.54, 1.807) is 12.1 Å². The molecule has 2 aromatic heterocycles. The summed E-state index contributed by atoms with van der Waals surface area (Å²) >= 11 is 0.965. The van der Waals surface area contributed by atoms with Gasteiger partial charge in [0.05, 0.1) is 11.4 Å². The van der Waals surface area contributed by atoms with Crippen molar-refractivity contribution in [2.45, 2.75) is 17.8 Å². The molecular weight excluding hydrogens is 466 g/mol. The highest BCUT2D eigenvalue weighted by atomic mass is 32.2. The van der Waals surface area contributed by atoms with Crippen molar-refractivity contribution in [2.24, 2.45) is 0 Å². The van der Waals surface area contributed by atoms with E-state index >= 15 is 0 Å². The van der Waals surface area contributed by atoms with E-state index in [1.807, 2.05) is 54.6 Å². The molecule has 0 saturated carbocycles. The summed E-state index contributed by atoms with van der Waals surface area (Å²) in [6.07, 6.45) is 2.30. The number of rotatable bonds is 8. The van der Waals surface area contributed by atoms with Crippen LogP contribution in [0.3, 0.4) is 0 Å². The highest BCUT2D eigenvalue weighted by Crippen LogP contribution is 2.26. The highest BCUT2D eigenvalue weighted by molar-refractivity contribution is 8.15. The Labute approximate surface area is 205 Å². The molecule has 2 unspecified atom stereocenters. The lowest BCUT2D eigenvalue weighted by Gasteiger charge is -2.10. The van der Waals surface area contributed by atoms with Crippen molar-refractivity contribution in [3.8, 4) is 28.3 Å². The van der Waals surface area contributed by atoms with Gasteiger partial charge in [0.2, 0.25) is 11.8 Å². The zero-order chi connectivity index (χ0) is 24.2. The van der Waals surface area contributed by atoms with Crippen LogP contribution in [0.25, 0.3) is 22.6 Å². The van der Waals surface area contributed by atoms with Crippen LogP contribution in [0, 0.1) is 0 Å². The third-order valence-electron chi connectivity index (χ3n) is 5.47. The van der Waals surface area contributed by atoms with Gasteiger partial charge in [-0.1, -0.05) is 54.2 Å². The van der Waals surface area contributed by atoms with E-state index in [4.69, 9.17) is 9.15 Å². The van der Waals surface area contributed by atoms with Crippen LogP contribution in [0.5, 0.6) is 5.75 Å². The van der Waals surface area contributed by atoms with Gasteiger partial charge in [-0.3, -0.25) is 19.9 Å². The van der Waals surface area contributed by atoms with E-state index in [-0.39, 0.29) is 17.8 Å². The first-order valence-electron chi connectivity index (χ1n) is 10.9. The van der Waals surface area contributed by atoms with Crippen molar-refractivity contribution < 1.29 is 23.8 Å². The molecule has 2 amide bonds. The van der Waals surface area contributed by atoms with Gasteiger partial charge in [-0.15, -0.1) is 0 Å². The van der Waals surface area contributed by atoms with Crippen LogP contribution in [-0.4, -0.2) is 38.1 Å². The SMILES string of the molecule is O=C1NC(=O)C(Cc2ccc(OCC(O)c3coc(-c4ccc(-c5ccccc5)cc4)n3)cn2)S1. The van der Waals surface area contributed by atoms with Crippen LogP contribution in [0.2, 0.25) is 0 Å². The zero-order valence-electron chi connectivity index (χ0n) is 18.5. The second-order valence-corrected chi connectivity index (χ2v) is 9.10. The van der Waals surface area contributed by atoms with Crippen molar-refractivity contribution in [2.75, 3.05) is 6.61 Å². The van der Waals surface area contributed by atoms with Gasteiger partial charge in [-0.2, -0.15) is 0 Å². The van der Waals surface area contributed by atoms with Gasteiger partial charge in [0.25, 0.3) is 5.24 Å². The molecule has 1 aliphatic heterocycles. The maximum atomic E-state index is 11.7. The average Bonchev–Trinajstić information content (AvgIpc) is 3.50. The highest BCUT2D eigenvalue weighted by Gasteiger charge is 2.31. The summed E-state index contributed by atoms with van der Waals surface area (Å²) < 4.78 is 11.2. The third kappa shape index (κ3) is 5.42. The van der Waals surface area contributed by atoms with E-state index in [0.717, 1.165) is 28.5 Å².